The van der Waals surface area contributed by atoms with Crippen LogP contribution in [0, 0.1) is 5.82 Å². The molecule has 3 rings (SSSR count). The summed E-state index contributed by atoms with van der Waals surface area (Å²) in [7, 11) is 0. The lowest BCUT2D eigenvalue weighted by Gasteiger charge is -2.05. The molecule has 0 aliphatic carbocycles. The second-order valence-corrected chi connectivity index (χ2v) is 5.08. The lowest BCUT2D eigenvalue weighted by molar-refractivity contribution is 0.629. The summed E-state index contributed by atoms with van der Waals surface area (Å²) in [6, 6.07) is 6.69. The van der Waals surface area contributed by atoms with E-state index in [9.17, 15) is 4.39 Å². The Morgan fingerprint density at radius 3 is 2.94 bits per heavy atom. The molecular formula is C13H10ClFN2S. The molecule has 0 fully saturated rings. The lowest BCUT2D eigenvalue weighted by atomic mass is 10.3. The van der Waals surface area contributed by atoms with Crippen molar-refractivity contribution in [3.8, 4) is 5.69 Å². The number of aromatic nitrogens is 2. The Kier molecular flexibility index (Phi) is 3.06. The largest absolute Gasteiger partial charge is 0.295 e. The standard InChI is InChI=1S/C13H10ClFN2S/c14-5-3-13-16-11-7-9(15)1-2-12(11)17(13)10-4-6-18-8-10/h1-2,4,6-8H,3,5H2. The highest BCUT2D eigenvalue weighted by atomic mass is 35.5. The van der Waals surface area contributed by atoms with Crippen LogP contribution in [-0.4, -0.2) is 15.4 Å². The summed E-state index contributed by atoms with van der Waals surface area (Å²) >= 11 is 7.42. The first kappa shape index (κ1) is 11.7. The Balaban J connectivity index is 2.28. The predicted octanol–water partition coefficient (Wildman–Crippen LogP) is 4.01. The number of halogens is 2. The van der Waals surface area contributed by atoms with Crippen LogP contribution in [0.2, 0.25) is 0 Å². The second-order valence-electron chi connectivity index (χ2n) is 3.92. The Morgan fingerprint density at radius 1 is 1.33 bits per heavy atom. The number of imidazole rings is 1. The molecule has 5 heteroatoms. The van der Waals surface area contributed by atoms with Gasteiger partial charge >= 0.3 is 0 Å². The third-order valence-electron chi connectivity index (χ3n) is 2.77. The van der Waals surface area contributed by atoms with Gasteiger partial charge in [-0.25, -0.2) is 9.37 Å². The lowest BCUT2D eigenvalue weighted by Crippen LogP contribution is -2.00. The van der Waals surface area contributed by atoms with E-state index in [0.29, 0.717) is 17.8 Å². The first-order valence-corrected chi connectivity index (χ1v) is 7.03. The van der Waals surface area contributed by atoms with Crippen LogP contribution in [0.5, 0.6) is 0 Å². The van der Waals surface area contributed by atoms with Crippen LogP contribution in [-0.2, 0) is 6.42 Å². The summed E-state index contributed by atoms with van der Waals surface area (Å²) in [5.41, 5.74) is 2.63. The average molecular weight is 281 g/mol. The minimum Gasteiger partial charge on any atom is -0.295 e. The quantitative estimate of drug-likeness (QED) is 0.663. The molecule has 0 unspecified atom stereocenters. The third-order valence-corrected chi connectivity index (χ3v) is 3.63. The number of benzene rings is 1. The molecule has 0 atom stereocenters. The van der Waals surface area contributed by atoms with Gasteiger partial charge in [-0.05, 0) is 23.6 Å². The predicted molar refractivity (Wildman–Crippen MR) is 73.3 cm³/mol. The van der Waals surface area contributed by atoms with Gasteiger partial charge in [-0.3, -0.25) is 4.57 Å². The maximum atomic E-state index is 13.2. The number of aryl methyl sites for hydroxylation is 1. The van der Waals surface area contributed by atoms with Gasteiger partial charge < -0.3 is 0 Å². The van der Waals surface area contributed by atoms with E-state index in [-0.39, 0.29) is 5.82 Å². The molecule has 2 aromatic heterocycles. The molecule has 0 aliphatic rings. The first-order chi connectivity index (χ1) is 8.79. The smallest absolute Gasteiger partial charge is 0.125 e. The molecule has 0 amide bonds. The van der Waals surface area contributed by atoms with Crippen LogP contribution in [0.3, 0.4) is 0 Å². The summed E-state index contributed by atoms with van der Waals surface area (Å²) < 4.78 is 15.3. The summed E-state index contributed by atoms with van der Waals surface area (Å²) in [5, 5.41) is 4.05. The average Bonchev–Trinajstić information content (AvgIpc) is 2.95. The van der Waals surface area contributed by atoms with Gasteiger partial charge in [-0.2, -0.15) is 11.3 Å². The van der Waals surface area contributed by atoms with Gasteiger partial charge in [-0.15, -0.1) is 11.6 Å². The highest BCUT2D eigenvalue weighted by Gasteiger charge is 2.12. The molecule has 0 aliphatic heterocycles. The fraction of sp³-hybridized carbons (Fsp3) is 0.154. The van der Waals surface area contributed by atoms with Crippen molar-refractivity contribution in [3.63, 3.8) is 0 Å². The zero-order chi connectivity index (χ0) is 12.5. The number of nitrogens with zero attached hydrogens (tertiary/aromatic N) is 2. The van der Waals surface area contributed by atoms with Crippen molar-refractivity contribution in [2.75, 3.05) is 5.88 Å². The van der Waals surface area contributed by atoms with Crippen molar-refractivity contribution in [1.29, 1.82) is 0 Å². The van der Waals surface area contributed by atoms with Gasteiger partial charge in [0, 0.05) is 23.7 Å². The molecule has 92 valence electrons. The topological polar surface area (TPSA) is 17.8 Å². The van der Waals surface area contributed by atoms with Crippen molar-refractivity contribution >= 4 is 34.0 Å². The van der Waals surface area contributed by atoms with Gasteiger partial charge in [0.2, 0.25) is 0 Å². The summed E-state index contributed by atoms with van der Waals surface area (Å²) in [5.74, 6) is 1.09. The van der Waals surface area contributed by atoms with Gasteiger partial charge in [0.15, 0.2) is 0 Å². The van der Waals surface area contributed by atoms with Crippen molar-refractivity contribution in [2.45, 2.75) is 6.42 Å². The molecule has 3 aromatic rings. The van der Waals surface area contributed by atoms with E-state index in [1.54, 1.807) is 17.4 Å². The van der Waals surface area contributed by atoms with Gasteiger partial charge in [0.1, 0.15) is 11.6 Å². The Bertz CT molecular complexity index is 676. The molecule has 0 radical (unpaired) electrons. The highest BCUT2D eigenvalue weighted by Crippen LogP contribution is 2.24. The highest BCUT2D eigenvalue weighted by molar-refractivity contribution is 7.08. The second kappa shape index (κ2) is 4.71. The van der Waals surface area contributed by atoms with Gasteiger partial charge in [0.25, 0.3) is 0 Å². The van der Waals surface area contributed by atoms with E-state index in [1.807, 2.05) is 21.4 Å². The Hall–Kier alpha value is -1.39. The maximum Gasteiger partial charge on any atom is 0.125 e. The van der Waals surface area contributed by atoms with Crippen LogP contribution in [0.1, 0.15) is 5.82 Å². The van der Waals surface area contributed by atoms with Crippen LogP contribution in [0.25, 0.3) is 16.7 Å². The van der Waals surface area contributed by atoms with Crippen molar-refractivity contribution in [2.24, 2.45) is 0 Å². The number of fused-ring (bicyclic) bond motifs is 1. The zero-order valence-corrected chi connectivity index (χ0v) is 11.0. The molecule has 0 bridgehead atoms. The van der Waals surface area contributed by atoms with E-state index >= 15 is 0 Å². The van der Waals surface area contributed by atoms with Gasteiger partial charge in [0.05, 0.1) is 16.7 Å². The minimum atomic E-state index is -0.269. The van der Waals surface area contributed by atoms with E-state index in [0.717, 1.165) is 17.0 Å². The number of rotatable bonds is 3. The SMILES string of the molecule is Fc1ccc2c(c1)nc(CCCl)n2-c1ccsc1. The normalized spacial score (nSPS) is 11.2. The fourth-order valence-electron chi connectivity index (χ4n) is 2.03. The molecular weight excluding hydrogens is 271 g/mol. The zero-order valence-electron chi connectivity index (χ0n) is 9.44. The monoisotopic (exact) mass is 280 g/mol. The molecule has 0 saturated heterocycles. The summed E-state index contributed by atoms with van der Waals surface area (Å²) in [6.07, 6.45) is 0.660. The molecule has 0 N–H and O–H groups in total. The Morgan fingerprint density at radius 2 is 2.22 bits per heavy atom. The van der Waals surface area contributed by atoms with E-state index in [1.165, 1.54) is 12.1 Å². The third kappa shape index (κ3) is 1.91. The maximum absolute atomic E-state index is 13.2. The summed E-state index contributed by atoms with van der Waals surface area (Å²) in [6.45, 7) is 0. The van der Waals surface area contributed by atoms with Crippen LogP contribution >= 0.6 is 22.9 Å². The number of hydrogen-bond donors (Lipinski definition) is 0. The van der Waals surface area contributed by atoms with Gasteiger partial charge in [-0.1, -0.05) is 0 Å². The molecule has 0 saturated carbocycles. The number of thiophene rings is 1. The van der Waals surface area contributed by atoms with Crippen LogP contribution in [0.4, 0.5) is 4.39 Å². The molecule has 2 nitrogen and oxygen atoms in total. The van der Waals surface area contributed by atoms with Crippen LogP contribution in [0.15, 0.2) is 35.0 Å². The fourth-order valence-corrected chi connectivity index (χ4v) is 2.82. The first-order valence-electron chi connectivity index (χ1n) is 5.55. The van der Waals surface area contributed by atoms with E-state index in [4.69, 9.17) is 11.6 Å². The number of hydrogen-bond acceptors (Lipinski definition) is 2. The minimum absolute atomic E-state index is 0.269. The van der Waals surface area contributed by atoms with Crippen molar-refractivity contribution in [1.82, 2.24) is 9.55 Å². The molecule has 0 spiro atoms. The molecule has 1 aromatic carbocycles. The van der Waals surface area contributed by atoms with Crippen molar-refractivity contribution < 1.29 is 4.39 Å². The van der Waals surface area contributed by atoms with E-state index in [2.05, 4.69) is 4.98 Å². The number of alkyl halides is 1. The van der Waals surface area contributed by atoms with Crippen molar-refractivity contribution in [3.05, 3.63) is 46.7 Å². The van der Waals surface area contributed by atoms with E-state index < -0.39 is 0 Å². The Labute approximate surface area is 113 Å². The summed E-state index contributed by atoms with van der Waals surface area (Å²) in [4.78, 5) is 4.46. The molecule has 2 heterocycles. The molecule has 18 heavy (non-hydrogen) atoms. The van der Waals surface area contributed by atoms with Crippen LogP contribution < -0.4 is 0 Å².